The number of allylic oxidation sites excluding steroid dienone is 1. The molecule has 2 heterocycles. The molecule has 0 spiro atoms. The lowest BCUT2D eigenvalue weighted by molar-refractivity contribution is 0.396. The van der Waals surface area contributed by atoms with Crippen LogP contribution in [-0.2, 0) is 6.54 Å². The number of benzene rings is 3. The summed E-state index contributed by atoms with van der Waals surface area (Å²) in [5.74, 6) is 0.606. The Balaban J connectivity index is 1.60. The highest BCUT2D eigenvalue weighted by Crippen LogP contribution is 2.38. The van der Waals surface area contributed by atoms with Crippen LogP contribution in [0.2, 0.25) is 0 Å². The number of nitrogens with one attached hydrogen (secondary N) is 1. The first-order chi connectivity index (χ1) is 16.1. The van der Waals surface area contributed by atoms with Crippen molar-refractivity contribution in [1.82, 2.24) is 20.4 Å². The van der Waals surface area contributed by atoms with Crippen LogP contribution in [0.25, 0.3) is 17.0 Å². The number of hydrogen-bond donors (Lipinski definition) is 1. The Labute approximate surface area is 196 Å². The number of halogens is 1. The van der Waals surface area contributed by atoms with Crippen molar-refractivity contribution in [1.29, 1.82) is 0 Å². The first-order valence-corrected chi connectivity index (χ1v) is 11.0. The average molecular weight is 457 g/mol. The molecule has 1 N–H and O–H groups in total. The molecule has 7 heteroatoms. The minimum Gasteiger partial charge on any atom is -0.351 e. The highest BCUT2D eigenvalue weighted by atomic mass is 32.1. The molecule has 1 aliphatic heterocycles. The smallest absolute Gasteiger partial charge is 0.258 e. The lowest BCUT2D eigenvalue weighted by atomic mass is 9.94. The largest absolute Gasteiger partial charge is 0.351 e. The number of thiocarbonyl (C=S) groups is 1. The van der Waals surface area contributed by atoms with Crippen LogP contribution in [0.1, 0.15) is 30.0 Å². The molecule has 1 aliphatic rings. The van der Waals surface area contributed by atoms with E-state index in [4.69, 9.17) is 21.7 Å². The molecule has 5 rings (SSSR count). The third kappa shape index (κ3) is 4.27. The molecule has 0 amide bonds. The van der Waals surface area contributed by atoms with E-state index >= 15 is 0 Å². The molecule has 0 saturated carbocycles. The van der Waals surface area contributed by atoms with Crippen LogP contribution in [0.15, 0.2) is 95.1 Å². The van der Waals surface area contributed by atoms with Crippen LogP contribution in [0, 0.1) is 5.82 Å². The van der Waals surface area contributed by atoms with E-state index in [-0.39, 0.29) is 11.9 Å². The van der Waals surface area contributed by atoms with Gasteiger partial charge in [-0.05, 0) is 42.4 Å². The summed E-state index contributed by atoms with van der Waals surface area (Å²) in [6.45, 7) is 2.59. The summed E-state index contributed by atoms with van der Waals surface area (Å²) in [4.78, 5) is 6.71. The van der Waals surface area contributed by atoms with Crippen molar-refractivity contribution >= 4 is 22.9 Å². The van der Waals surface area contributed by atoms with E-state index in [1.807, 2.05) is 60.4 Å². The van der Waals surface area contributed by atoms with Crippen molar-refractivity contribution in [2.24, 2.45) is 0 Å². The van der Waals surface area contributed by atoms with Gasteiger partial charge in [0.15, 0.2) is 5.11 Å². The minimum absolute atomic E-state index is 0.297. The molecule has 0 fully saturated rings. The maximum Gasteiger partial charge on any atom is 0.258 e. The Morgan fingerprint density at radius 2 is 1.64 bits per heavy atom. The van der Waals surface area contributed by atoms with Crippen LogP contribution in [0.5, 0.6) is 0 Å². The predicted molar refractivity (Wildman–Crippen MR) is 129 cm³/mol. The lowest BCUT2D eigenvalue weighted by Gasteiger charge is -2.37. The van der Waals surface area contributed by atoms with Crippen LogP contribution in [-0.4, -0.2) is 20.2 Å². The summed E-state index contributed by atoms with van der Waals surface area (Å²) in [7, 11) is 0. The van der Waals surface area contributed by atoms with Gasteiger partial charge in [0.25, 0.3) is 5.89 Å². The Bertz CT molecular complexity index is 1300. The standard InChI is InChI=1S/C26H21FN4OS/c1-17-22(25-29-24(30-32-25)20-10-6-3-7-11-20)23(19-12-14-21(27)15-13-19)28-26(33)31(17)16-18-8-4-2-5-9-18/h2-15,23H,16H2,1H3,(H,28,33). The zero-order valence-electron chi connectivity index (χ0n) is 17.9. The number of hydrogen-bond acceptors (Lipinski definition) is 4. The summed E-state index contributed by atoms with van der Waals surface area (Å²) in [5, 5.41) is 8.19. The third-order valence-corrected chi connectivity index (χ3v) is 6.01. The van der Waals surface area contributed by atoms with Gasteiger partial charge < -0.3 is 14.7 Å². The van der Waals surface area contributed by atoms with Crippen LogP contribution >= 0.6 is 12.2 Å². The fourth-order valence-corrected chi connectivity index (χ4v) is 4.28. The van der Waals surface area contributed by atoms with E-state index < -0.39 is 0 Å². The summed E-state index contributed by atoms with van der Waals surface area (Å²) in [6, 6.07) is 25.8. The van der Waals surface area contributed by atoms with Gasteiger partial charge >= 0.3 is 0 Å². The maximum absolute atomic E-state index is 13.6. The molecule has 1 aromatic heterocycles. The van der Waals surface area contributed by atoms with Gasteiger partial charge in [0, 0.05) is 17.8 Å². The van der Waals surface area contributed by atoms with Crippen molar-refractivity contribution in [3.8, 4) is 11.4 Å². The first-order valence-electron chi connectivity index (χ1n) is 10.6. The SMILES string of the molecule is CC1=C(c2nc(-c3ccccc3)no2)C(c2ccc(F)cc2)NC(=S)N1Cc1ccccc1. The molecule has 0 aliphatic carbocycles. The maximum atomic E-state index is 13.6. The van der Waals surface area contributed by atoms with Gasteiger partial charge in [-0.25, -0.2) is 4.39 Å². The molecule has 0 bridgehead atoms. The monoisotopic (exact) mass is 456 g/mol. The van der Waals surface area contributed by atoms with E-state index in [9.17, 15) is 4.39 Å². The molecule has 164 valence electrons. The van der Waals surface area contributed by atoms with Crippen LogP contribution in [0.4, 0.5) is 4.39 Å². The lowest BCUT2D eigenvalue weighted by Crippen LogP contribution is -2.45. The van der Waals surface area contributed by atoms with Gasteiger partial charge in [0.05, 0.1) is 11.6 Å². The van der Waals surface area contributed by atoms with E-state index in [1.54, 1.807) is 12.1 Å². The quantitative estimate of drug-likeness (QED) is 0.387. The molecule has 0 radical (unpaired) electrons. The molecule has 1 atom stereocenters. The Morgan fingerprint density at radius 3 is 2.33 bits per heavy atom. The highest BCUT2D eigenvalue weighted by Gasteiger charge is 2.34. The number of nitrogens with zero attached hydrogens (tertiary/aromatic N) is 3. The van der Waals surface area contributed by atoms with Gasteiger partial charge in [-0.2, -0.15) is 4.98 Å². The summed E-state index contributed by atoms with van der Waals surface area (Å²) in [6.07, 6.45) is 0. The second kappa shape index (κ2) is 8.96. The van der Waals surface area contributed by atoms with E-state index in [0.717, 1.165) is 28.0 Å². The van der Waals surface area contributed by atoms with Gasteiger partial charge in [-0.15, -0.1) is 0 Å². The molecular formula is C26H21FN4OS. The van der Waals surface area contributed by atoms with Gasteiger partial charge in [-0.1, -0.05) is 78.0 Å². The third-order valence-electron chi connectivity index (χ3n) is 5.67. The van der Waals surface area contributed by atoms with E-state index in [0.29, 0.717) is 23.4 Å². The Kier molecular flexibility index (Phi) is 5.71. The molecule has 3 aromatic carbocycles. The van der Waals surface area contributed by atoms with Crippen LogP contribution in [0.3, 0.4) is 0 Å². The van der Waals surface area contributed by atoms with E-state index in [1.165, 1.54) is 12.1 Å². The fraction of sp³-hybridized carbons (Fsp3) is 0.115. The van der Waals surface area contributed by atoms with Crippen molar-refractivity contribution < 1.29 is 8.91 Å². The normalized spacial score (nSPS) is 16.1. The van der Waals surface area contributed by atoms with E-state index in [2.05, 4.69) is 22.6 Å². The fourth-order valence-electron chi connectivity index (χ4n) is 3.96. The first kappa shape index (κ1) is 21.0. The highest BCUT2D eigenvalue weighted by molar-refractivity contribution is 7.80. The molecule has 4 aromatic rings. The van der Waals surface area contributed by atoms with Crippen molar-refractivity contribution in [3.63, 3.8) is 0 Å². The summed E-state index contributed by atoms with van der Waals surface area (Å²) in [5.41, 5.74) is 4.55. The molecule has 1 unspecified atom stereocenters. The van der Waals surface area contributed by atoms with Crippen molar-refractivity contribution in [2.45, 2.75) is 19.5 Å². The number of aromatic nitrogens is 2. The summed E-state index contributed by atoms with van der Waals surface area (Å²) >= 11 is 5.73. The van der Waals surface area contributed by atoms with Gasteiger partial charge in [0.2, 0.25) is 5.82 Å². The van der Waals surface area contributed by atoms with Crippen LogP contribution < -0.4 is 5.32 Å². The Morgan fingerprint density at radius 1 is 0.970 bits per heavy atom. The van der Waals surface area contributed by atoms with Crippen molar-refractivity contribution in [2.75, 3.05) is 0 Å². The summed E-state index contributed by atoms with van der Waals surface area (Å²) < 4.78 is 19.4. The van der Waals surface area contributed by atoms with Crippen molar-refractivity contribution in [3.05, 3.63) is 113 Å². The molecular weight excluding hydrogens is 435 g/mol. The predicted octanol–water partition coefficient (Wildman–Crippen LogP) is 5.74. The second-order valence-electron chi connectivity index (χ2n) is 7.79. The minimum atomic E-state index is -0.353. The topological polar surface area (TPSA) is 54.2 Å². The molecule has 0 saturated heterocycles. The zero-order valence-corrected chi connectivity index (χ0v) is 18.7. The van der Waals surface area contributed by atoms with Gasteiger partial charge in [0.1, 0.15) is 5.82 Å². The molecule has 5 nitrogen and oxygen atoms in total. The van der Waals surface area contributed by atoms with Gasteiger partial charge in [-0.3, -0.25) is 0 Å². The average Bonchev–Trinajstić information content (AvgIpc) is 3.33. The second-order valence-corrected chi connectivity index (χ2v) is 8.18. The Hall–Kier alpha value is -3.84. The number of rotatable bonds is 5. The molecule has 33 heavy (non-hydrogen) atoms. The zero-order chi connectivity index (χ0) is 22.8.